The Morgan fingerprint density at radius 1 is 1.47 bits per heavy atom. The van der Waals surface area contributed by atoms with Gasteiger partial charge in [0.05, 0.1) is 0 Å². The van der Waals surface area contributed by atoms with Gasteiger partial charge in [-0.15, -0.1) is 0 Å². The summed E-state index contributed by atoms with van der Waals surface area (Å²) >= 11 is 0. The zero-order valence-electron chi connectivity index (χ0n) is 9.75. The monoisotopic (exact) mass is 207 g/mol. The van der Waals surface area contributed by atoms with Crippen molar-refractivity contribution in [2.45, 2.75) is 51.2 Å². The van der Waals surface area contributed by atoms with E-state index in [-0.39, 0.29) is 0 Å². The van der Waals surface area contributed by atoms with Crippen LogP contribution in [0.15, 0.2) is 23.5 Å². The minimum atomic E-state index is 0.446. The standard InChI is InChI=1S/C13H21NO/c1-3-10-5-4-6-12(7-10)15-13-8-11(9-13)14-2/h6-7,11,13-14H,3-5,8-9H2,1-2H3. The fourth-order valence-corrected chi connectivity index (χ4v) is 2.18. The maximum atomic E-state index is 5.94. The van der Waals surface area contributed by atoms with Crippen LogP contribution in [0, 0.1) is 0 Å². The van der Waals surface area contributed by atoms with Crippen molar-refractivity contribution in [3.05, 3.63) is 23.5 Å². The third-order valence-electron chi connectivity index (χ3n) is 3.42. The lowest BCUT2D eigenvalue weighted by Crippen LogP contribution is -2.43. The van der Waals surface area contributed by atoms with E-state index in [9.17, 15) is 0 Å². The maximum Gasteiger partial charge on any atom is 0.115 e. The average Bonchev–Trinajstić information content (AvgIpc) is 2.23. The summed E-state index contributed by atoms with van der Waals surface area (Å²) in [5.41, 5.74) is 1.52. The van der Waals surface area contributed by atoms with Gasteiger partial charge in [0.25, 0.3) is 0 Å². The van der Waals surface area contributed by atoms with Gasteiger partial charge in [-0.05, 0) is 51.3 Å². The van der Waals surface area contributed by atoms with E-state index in [1.165, 1.54) is 12.0 Å². The molecule has 0 bridgehead atoms. The average molecular weight is 207 g/mol. The zero-order chi connectivity index (χ0) is 10.7. The van der Waals surface area contributed by atoms with Gasteiger partial charge < -0.3 is 10.1 Å². The third-order valence-corrected chi connectivity index (χ3v) is 3.42. The summed E-state index contributed by atoms with van der Waals surface area (Å²) in [7, 11) is 2.02. The highest BCUT2D eigenvalue weighted by Crippen LogP contribution is 2.28. The van der Waals surface area contributed by atoms with E-state index >= 15 is 0 Å². The quantitative estimate of drug-likeness (QED) is 0.765. The molecule has 0 atom stereocenters. The molecule has 0 radical (unpaired) electrons. The highest BCUT2D eigenvalue weighted by molar-refractivity contribution is 5.23. The Morgan fingerprint density at radius 2 is 2.27 bits per heavy atom. The molecule has 2 heteroatoms. The smallest absolute Gasteiger partial charge is 0.115 e. The number of hydrogen-bond donors (Lipinski definition) is 1. The molecular formula is C13H21NO. The van der Waals surface area contributed by atoms with Crippen LogP contribution in [0.25, 0.3) is 0 Å². The minimum absolute atomic E-state index is 0.446. The second-order valence-corrected chi connectivity index (χ2v) is 4.50. The van der Waals surface area contributed by atoms with Gasteiger partial charge in [-0.2, -0.15) is 0 Å². The molecule has 15 heavy (non-hydrogen) atoms. The molecule has 84 valence electrons. The van der Waals surface area contributed by atoms with Crippen LogP contribution in [0.2, 0.25) is 0 Å². The Labute approximate surface area is 92.4 Å². The Hall–Kier alpha value is -0.760. The predicted octanol–water partition coefficient (Wildman–Crippen LogP) is 2.77. The lowest BCUT2D eigenvalue weighted by Gasteiger charge is -2.35. The molecule has 0 spiro atoms. The maximum absolute atomic E-state index is 5.94. The van der Waals surface area contributed by atoms with E-state index in [0.717, 1.165) is 31.4 Å². The van der Waals surface area contributed by atoms with Crippen LogP contribution in [0.3, 0.4) is 0 Å². The van der Waals surface area contributed by atoms with E-state index in [0.29, 0.717) is 12.1 Å². The molecule has 2 nitrogen and oxygen atoms in total. The number of hydrogen-bond acceptors (Lipinski definition) is 2. The molecular weight excluding hydrogens is 186 g/mol. The van der Waals surface area contributed by atoms with Crippen molar-refractivity contribution in [3.8, 4) is 0 Å². The van der Waals surface area contributed by atoms with Crippen LogP contribution in [0.5, 0.6) is 0 Å². The summed E-state index contributed by atoms with van der Waals surface area (Å²) in [6.07, 6.45) is 10.7. The molecule has 1 saturated carbocycles. The van der Waals surface area contributed by atoms with Gasteiger partial charge in [0.1, 0.15) is 11.9 Å². The zero-order valence-corrected chi connectivity index (χ0v) is 9.75. The largest absolute Gasteiger partial charge is 0.491 e. The number of ether oxygens (including phenoxy) is 1. The summed E-state index contributed by atoms with van der Waals surface area (Å²) in [6, 6.07) is 0.675. The Balaban J connectivity index is 1.81. The molecule has 0 aliphatic heterocycles. The second kappa shape index (κ2) is 4.84. The Bertz CT molecular complexity index is 274. The Morgan fingerprint density at radius 3 is 2.93 bits per heavy atom. The topological polar surface area (TPSA) is 21.3 Å². The van der Waals surface area contributed by atoms with Crippen molar-refractivity contribution in [2.75, 3.05) is 7.05 Å². The summed E-state index contributed by atoms with van der Waals surface area (Å²) < 4.78 is 5.94. The summed E-state index contributed by atoms with van der Waals surface area (Å²) in [6.45, 7) is 2.22. The van der Waals surface area contributed by atoms with Gasteiger partial charge in [-0.3, -0.25) is 0 Å². The van der Waals surface area contributed by atoms with Crippen molar-refractivity contribution >= 4 is 0 Å². The first-order valence-electron chi connectivity index (χ1n) is 6.05. The highest BCUT2D eigenvalue weighted by atomic mass is 16.5. The molecule has 0 amide bonds. The van der Waals surface area contributed by atoms with E-state index in [1.54, 1.807) is 0 Å². The van der Waals surface area contributed by atoms with Crippen LogP contribution in [0.1, 0.15) is 39.0 Å². The van der Waals surface area contributed by atoms with Gasteiger partial charge in [0.2, 0.25) is 0 Å². The van der Waals surface area contributed by atoms with Crippen molar-refractivity contribution < 1.29 is 4.74 Å². The van der Waals surface area contributed by atoms with E-state index in [4.69, 9.17) is 4.74 Å². The third kappa shape index (κ3) is 2.63. The first-order valence-corrected chi connectivity index (χ1v) is 6.05. The molecule has 2 aliphatic rings. The molecule has 0 heterocycles. The summed E-state index contributed by atoms with van der Waals surface area (Å²) in [5.74, 6) is 1.11. The van der Waals surface area contributed by atoms with Gasteiger partial charge in [0.15, 0.2) is 0 Å². The number of nitrogens with one attached hydrogen (secondary N) is 1. The van der Waals surface area contributed by atoms with E-state index in [2.05, 4.69) is 24.4 Å². The molecule has 2 aliphatic carbocycles. The van der Waals surface area contributed by atoms with Crippen molar-refractivity contribution in [1.82, 2.24) is 5.32 Å². The summed E-state index contributed by atoms with van der Waals surface area (Å²) in [5, 5.41) is 3.27. The van der Waals surface area contributed by atoms with Crippen molar-refractivity contribution in [2.24, 2.45) is 0 Å². The van der Waals surface area contributed by atoms with Gasteiger partial charge in [-0.1, -0.05) is 12.5 Å². The van der Waals surface area contributed by atoms with E-state index in [1.807, 2.05) is 7.05 Å². The fourth-order valence-electron chi connectivity index (χ4n) is 2.18. The molecule has 0 aromatic rings. The highest BCUT2D eigenvalue weighted by Gasteiger charge is 2.29. The normalized spacial score (nSPS) is 30.3. The number of allylic oxidation sites excluding steroid dienone is 3. The molecule has 0 aromatic heterocycles. The number of rotatable bonds is 4. The second-order valence-electron chi connectivity index (χ2n) is 4.50. The molecule has 0 aromatic carbocycles. The van der Waals surface area contributed by atoms with Crippen LogP contribution >= 0.6 is 0 Å². The fraction of sp³-hybridized carbons (Fsp3) is 0.692. The first-order chi connectivity index (χ1) is 7.31. The van der Waals surface area contributed by atoms with Gasteiger partial charge in [0, 0.05) is 6.04 Å². The van der Waals surface area contributed by atoms with Crippen LogP contribution in [-0.2, 0) is 4.74 Å². The molecule has 1 fully saturated rings. The van der Waals surface area contributed by atoms with Crippen LogP contribution < -0.4 is 5.32 Å². The van der Waals surface area contributed by atoms with Crippen LogP contribution in [0.4, 0.5) is 0 Å². The lowest BCUT2D eigenvalue weighted by molar-refractivity contribution is 0.0346. The SMILES string of the molecule is CCC1=CC(OC2CC(NC)C2)=CCC1. The lowest BCUT2D eigenvalue weighted by atomic mass is 9.89. The molecule has 0 unspecified atom stereocenters. The molecule has 0 saturated heterocycles. The van der Waals surface area contributed by atoms with Gasteiger partial charge >= 0.3 is 0 Å². The summed E-state index contributed by atoms with van der Waals surface area (Å²) in [4.78, 5) is 0. The molecule has 1 N–H and O–H groups in total. The first kappa shape index (κ1) is 10.7. The predicted molar refractivity (Wildman–Crippen MR) is 62.6 cm³/mol. The van der Waals surface area contributed by atoms with Crippen LogP contribution in [-0.4, -0.2) is 19.2 Å². The van der Waals surface area contributed by atoms with E-state index < -0.39 is 0 Å². The molecule has 2 rings (SSSR count). The van der Waals surface area contributed by atoms with Crippen molar-refractivity contribution in [1.29, 1.82) is 0 Å². The van der Waals surface area contributed by atoms with Crippen molar-refractivity contribution in [3.63, 3.8) is 0 Å². The minimum Gasteiger partial charge on any atom is -0.491 e. The van der Waals surface area contributed by atoms with Gasteiger partial charge in [-0.25, -0.2) is 0 Å². The Kier molecular flexibility index (Phi) is 3.47.